The minimum atomic E-state index is 0.588. The summed E-state index contributed by atoms with van der Waals surface area (Å²) in [7, 11) is 1.66. The molecule has 0 aliphatic carbocycles. The number of hydrogen-bond donors (Lipinski definition) is 0. The van der Waals surface area contributed by atoms with E-state index < -0.39 is 0 Å². The monoisotopic (exact) mass is 281 g/mol. The van der Waals surface area contributed by atoms with Gasteiger partial charge >= 0.3 is 0 Å². The summed E-state index contributed by atoms with van der Waals surface area (Å²) < 4.78 is 5.97. The van der Waals surface area contributed by atoms with Crippen molar-refractivity contribution in [1.29, 1.82) is 0 Å². The third kappa shape index (κ3) is 3.03. The standard InChI is InChI=1S/C14H16ClNOS/c1-9(2)7-12-16-13(14(15)18-12)10-5-4-6-11(8-10)17-3/h4-6,8-9H,7H2,1-3H3. The second kappa shape index (κ2) is 5.72. The average Bonchev–Trinajstić information content (AvgIpc) is 2.69. The molecule has 0 fully saturated rings. The maximum atomic E-state index is 6.27. The van der Waals surface area contributed by atoms with Gasteiger partial charge in [0.05, 0.1) is 12.1 Å². The number of aromatic nitrogens is 1. The predicted molar refractivity (Wildman–Crippen MR) is 77.7 cm³/mol. The minimum absolute atomic E-state index is 0.588. The Balaban J connectivity index is 2.34. The lowest BCUT2D eigenvalue weighted by Crippen LogP contribution is -1.92. The van der Waals surface area contributed by atoms with Crippen LogP contribution in [0.2, 0.25) is 4.34 Å². The maximum Gasteiger partial charge on any atom is 0.121 e. The molecule has 0 N–H and O–H groups in total. The molecule has 0 amide bonds. The first-order valence-corrected chi connectivity index (χ1v) is 7.09. The third-order valence-electron chi connectivity index (χ3n) is 2.56. The topological polar surface area (TPSA) is 22.1 Å². The lowest BCUT2D eigenvalue weighted by Gasteiger charge is -2.02. The van der Waals surface area contributed by atoms with E-state index in [0.29, 0.717) is 5.92 Å². The van der Waals surface area contributed by atoms with Crippen molar-refractivity contribution in [3.05, 3.63) is 33.6 Å². The van der Waals surface area contributed by atoms with E-state index in [9.17, 15) is 0 Å². The quantitative estimate of drug-likeness (QED) is 0.812. The molecule has 0 atom stereocenters. The van der Waals surface area contributed by atoms with E-state index in [1.165, 1.54) is 0 Å². The van der Waals surface area contributed by atoms with Crippen molar-refractivity contribution < 1.29 is 4.74 Å². The summed E-state index contributed by atoms with van der Waals surface area (Å²) in [5.74, 6) is 1.41. The van der Waals surface area contributed by atoms with E-state index in [1.54, 1.807) is 18.4 Å². The van der Waals surface area contributed by atoms with Gasteiger partial charge in [-0.15, -0.1) is 11.3 Å². The lowest BCUT2D eigenvalue weighted by atomic mass is 10.1. The van der Waals surface area contributed by atoms with Gasteiger partial charge in [0.1, 0.15) is 15.8 Å². The van der Waals surface area contributed by atoms with Gasteiger partial charge in [-0.05, 0) is 18.1 Å². The Hall–Kier alpha value is -1.06. The largest absolute Gasteiger partial charge is 0.497 e. The summed E-state index contributed by atoms with van der Waals surface area (Å²) >= 11 is 7.84. The molecule has 2 nitrogen and oxygen atoms in total. The van der Waals surface area contributed by atoms with Crippen LogP contribution in [0.4, 0.5) is 0 Å². The second-order valence-corrected chi connectivity index (χ2v) is 6.25. The molecular weight excluding hydrogens is 266 g/mol. The SMILES string of the molecule is COc1cccc(-c2nc(CC(C)C)sc2Cl)c1. The molecule has 1 aromatic carbocycles. The van der Waals surface area contributed by atoms with Gasteiger partial charge in [-0.1, -0.05) is 37.6 Å². The van der Waals surface area contributed by atoms with Crippen molar-refractivity contribution in [1.82, 2.24) is 4.98 Å². The predicted octanol–water partition coefficient (Wildman–Crippen LogP) is 4.67. The number of ether oxygens (including phenoxy) is 1. The average molecular weight is 282 g/mol. The zero-order chi connectivity index (χ0) is 13.1. The fourth-order valence-electron chi connectivity index (χ4n) is 1.73. The summed E-state index contributed by atoms with van der Waals surface area (Å²) in [6, 6.07) is 7.83. The van der Waals surface area contributed by atoms with E-state index in [1.807, 2.05) is 24.3 Å². The molecule has 0 bridgehead atoms. The van der Waals surface area contributed by atoms with E-state index in [-0.39, 0.29) is 0 Å². The number of benzene rings is 1. The fourth-order valence-corrected chi connectivity index (χ4v) is 3.17. The van der Waals surface area contributed by atoms with Crippen LogP contribution in [0.1, 0.15) is 18.9 Å². The zero-order valence-electron chi connectivity index (χ0n) is 10.7. The van der Waals surface area contributed by atoms with Gasteiger partial charge in [-0.3, -0.25) is 0 Å². The van der Waals surface area contributed by atoms with Gasteiger partial charge in [0.2, 0.25) is 0 Å². The number of nitrogens with zero attached hydrogens (tertiary/aromatic N) is 1. The highest BCUT2D eigenvalue weighted by molar-refractivity contribution is 7.16. The molecule has 96 valence electrons. The van der Waals surface area contributed by atoms with Crippen LogP contribution in [0.25, 0.3) is 11.3 Å². The molecule has 0 unspecified atom stereocenters. The second-order valence-electron chi connectivity index (χ2n) is 4.56. The molecule has 4 heteroatoms. The molecular formula is C14H16ClNOS. The van der Waals surface area contributed by atoms with Gasteiger partial charge in [-0.2, -0.15) is 0 Å². The Labute approximate surface area is 117 Å². The normalized spacial score (nSPS) is 10.9. The Morgan fingerprint density at radius 1 is 1.39 bits per heavy atom. The minimum Gasteiger partial charge on any atom is -0.497 e. The molecule has 0 aliphatic heterocycles. The van der Waals surface area contributed by atoms with Crippen molar-refractivity contribution in [2.45, 2.75) is 20.3 Å². The summed E-state index contributed by atoms with van der Waals surface area (Å²) in [5.41, 5.74) is 1.86. The van der Waals surface area contributed by atoms with Crippen LogP contribution in [0.3, 0.4) is 0 Å². The molecule has 0 radical (unpaired) electrons. The molecule has 2 rings (SSSR count). The summed E-state index contributed by atoms with van der Waals surface area (Å²) in [6.45, 7) is 4.36. The van der Waals surface area contributed by atoms with Crippen LogP contribution in [-0.2, 0) is 6.42 Å². The van der Waals surface area contributed by atoms with Crippen LogP contribution < -0.4 is 4.74 Å². The number of methoxy groups -OCH3 is 1. The van der Waals surface area contributed by atoms with Gasteiger partial charge in [0, 0.05) is 12.0 Å². The highest BCUT2D eigenvalue weighted by Gasteiger charge is 2.12. The highest BCUT2D eigenvalue weighted by Crippen LogP contribution is 2.34. The van der Waals surface area contributed by atoms with E-state index in [4.69, 9.17) is 16.3 Å². The summed E-state index contributed by atoms with van der Waals surface area (Å²) in [5, 5.41) is 1.09. The van der Waals surface area contributed by atoms with Crippen LogP contribution in [0, 0.1) is 5.92 Å². The smallest absolute Gasteiger partial charge is 0.121 e. The van der Waals surface area contributed by atoms with E-state index in [0.717, 1.165) is 32.8 Å². The van der Waals surface area contributed by atoms with Crippen molar-refractivity contribution in [3.8, 4) is 17.0 Å². The Morgan fingerprint density at radius 3 is 2.83 bits per heavy atom. The molecule has 1 aromatic heterocycles. The number of thiazole rings is 1. The number of rotatable bonds is 4. The molecule has 1 heterocycles. The highest BCUT2D eigenvalue weighted by atomic mass is 35.5. The molecule has 0 aliphatic rings. The first-order chi connectivity index (χ1) is 8.60. The van der Waals surface area contributed by atoms with Crippen LogP contribution >= 0.6 is 22.9 Å². The van der Waals surface area contributed by atoms with Gasteiger partial charge in [-0.25, -0.2) is 4.98 Å². The van der Waals surface area contributed by atoms with Crippen molar-refractivity contribution in [2.75, 3.05) is 7.11 Å². The molecule has 0 saturated heterocycles. The Kier molecular flexibility index (Phi) is 4.25. The number of hydrogen-bond acceptors (Lipinski definition) is 3. The Morgan fingerprint density at radius 2 is 2.17 bits per heavy atom. The summed E-state index contributed by atoms with van der Waals surface area (Å²) in [6.07, 6.45) is 0.967. The molecule has 0 saturated carbocycles. The van der Waals surface area contributed by atoms with Crippen molar-refractivity contribution in [2.24, 2.45) is 5.92 Å². The summed E-state index contributed by atoms with van der Waals surface area (Å²) in [4.78, 5) is 4.63. The van der Waals surface area contributed by atoms with E-state index >= 15 is 0 Å². The van der Waals surface area contributed by atoms with Gasteiger partial charge < -0.3 is 4.74 Å². The first-order valence-electron chi connectivity index (χ1n) is 5.89. The maximum absolute atomic E-state index is 6.27. The van der Waals surface area contributed by atoms with Crippen molar-refractivity contribution >= 4 is 22.9 Å². The van der Waals surface area contributed by atoms with Crippen LogP contribution in [-0.4, -0.2) is 12.1 Å². The molecule has 18 heavy (non-hydrogen) atoms. The Bertz CT molecular complexity index is 536. The van der Waals surface area contributed by atoms with Gasteiger partial charge in [0.25, 0.3) is 0 Å². The first kappa shape index (κ1) is 13.4. The van der Waals surface area contributed by atoms with Crippen LogP contribution in [0.5, 0.6) is 5.75 Å². The zero-order valence-corrected chi connectivity index (χ0v) is 12.3. The number of halogens is 1. The van der Waals surface area contributed by atoms with Gasteiger partial charge in [0.15, 0.2) is 0 Å². The van der Waals surface area contributed by atoms with Crippen molar-refractivity contribution in [3.63, 3.8) is 0 Å². The fraction of sp³-hybridized carbons (Fsp3) is 0.357. The molecule has 0 spiro atoms. The third-order valence-corrected chi connectivity index (χ3v) is 3.83. The lowest BCUT2D eigenvalue weighted by molar-refractivity contribution is 0.415. The van der Waals surface area contributed by atoms with Crippen LogP contribution in [0.15, 0.2) is 24.3 Å². The van der Waals surface area contributed by atoms with E-state index in [2.05, 4.69) is 18.8 Å². The molecule has 2 aromatic rings.